The number of halogens is 4. The van der Waals surface area contributed by atoms with Gasteiger partial charge in [-0.3, -0.25) is 9.59 Å². The number of benzene rings is 2. The van der Waals surface area contributed by atoms with E-state index in [1.54, 1.807) is 24.3 Å². The molecule has 0 saturated heterocycles. The highest BCUT2D eigenvalue weighted by Gasteiger charge is 2.33. The van der Waals surface area contributed by atoms with Gasteiger partial charge in [-0.2, -0.15) is 13.2 Å². The Labute approximate surface area is 147 Å². The molecule has 25 heavy (non-hydrogen) atoms. The van der Waals surface area contributed by atoms with Crippen molar-refractivity contribution in [2.24, 2.45) is 0 Å². The van der Waals surface area contributed by atoms with Crippen LogP contribution in [0.5, 0.6) is 0 Å². The van der Waals surface area contributed by atoms with Gasteiger partial charge >= 0.3 is 18.0 Å². The Morgan fingerprint density at radius 3 is 2.36 bits per heavy atom. The number of nitrogens with zero attached hydrogens (tertiary/aromatic N) is 1. The molecule has 0 heterocycles. The lowest BCUT2D eigenvalue weighted by atomic mass is 10.2. The minimum absolute atomic E-state index is 0.164. The zero-order valence-corrected chi connectivity index (χ0v) is 13.9. The zero-order valence-electron chi connectivity index (χ0n) is 13.1. The first-order valence-corrected chi connectivity index (χ1v) is 7.53. The molecule has 0 unspecified atom stereocenters. The molecule has 2 aromatic rings. The molecule has 2 rings (SSSR count). The fourth-order valence-corrected chi connectivity index (χ4v) is 2.33. The molecule has 0 radical (unpaired) electrons. The van der Waals surface area contributed by atoms with Crippen LogP contribution >= 0.6 is 11.6 Å². The van der Waals surface area contributed by atoms with Crippen molar-refractivity contribution < 1.29 is 22.8 Å². The second-order valence-corrected chi connectivity index (χ2v) is 5.70. The highest BCUT2D eigenvalue weighted by molar-refractivity contribution is 6.39. The van der Waals surface area contributed by atoms with E-state index in [0.29, 0.717) is 6.07 Å². The summed E-state index contributed by atoms with van der Waals surface area (Å²) in [6.45, 7) is 0.196. The maximum absolute atomic E-state index is 12.8. The summed E-state index contributed by atoms with van der Waals surface area (Å²) in [6.07, 6.45) is -4.66. The van der Waals surface area contributed by atoms with Crippen LogP contribution in [0.4, 0.5) is 18.9 Å². The van der Waals surface area contributed by atoms with Gasteiger partial charge in [0.15, 0.2) is 0 Å². The first-order chi connectivity index (χ1) is 11.7. The summed E-state index contributed by atoms with van der Waals surface area (Å²) >= 11 is 5.51. The average Bonchev–Trinajstić information content (AvgIpc) is 2.55. The normalized spacial score (nSPS) is 11.1. The molecule has 0 fully saturated rings. The third-order valence-corrected chi connectivity index (χ3v) is 3.66. The van der Waals surface area contributed by atoms with E-state index in [-0.39, 0.29) is 12.2 Å². The van der Waals surface area contributed by atoms with Crippen molar-refractivity contribution in [1.82, 2.24) is 4.90 Å². The van der Waals surface area contributed by atoms with Crippen LogP contribution in [0.3, 0.4) is 0 Å². The Hall–Kier alpha value is -2.54. The van der Waals surface area contributed by atoms with Gasteiger partial charge in [-0.05, 0) is 23.8 Å². The van der Waals surface area contributed by atoms with Gasteiger partial charge in [0.05, 0.1) is 10.6 Å². The molecule has 0 bridgehead atoms. The van der Waals surface area contributed by atoms with Gasteiger partial charge < -0.3 is 10.2 Å². The van der Waals surface area contributed by atoms with Gasteiger partial charge in [-0.15, -0.1) is 0 Å². The summed E-state index contributed by atoms with van der Waals surface area (Å²) in [7, 11) is 1.43. The molecule has 8 heteroatoms. The topological polar surface area (TPSA) is 49.4 Å². The van der Waals surface area contributed by atoms with E-state index in [1.807, 2.05) is 6.07 Å². The van der Waals surface area contributed by atoms with E-state index in [0.717, 1.165) is 11.6 Å². The molecule has 0 aliphatic carbocycles. The van der Waals surface area contributed by atoms with Crippen LogP contribution in [0.2, 0.25) is 5.02 Å². The van der Waals surface area contributed by atoms with Crippen molar-refractivity contribution in [2.75, 3.05) is 12.4 Å². The van der Waals surface area contributed by atoms with Crippen LogP contribution in [0.25, 0.3) is 0 Å². The Kier molecular flexibility index (Phi) is 5.69. The smallest absolute Gasteiger partial charge is 0.333 e. The number of carbonyl (C=O) groups excluding carboxylic acids is 2. The molecule has 2 aromatic carbocycles. The predicted octanol–water partition coefficient (Wildman–Crippen LogP) is 3.96. The van der Waals surface area contributed by atoms with E-state index < -0.39 is 28.6 Å². The number of rotatable bonds is 3. The van der Waals surface area contributed by atoms with Crippen molar-refractivity contribution in [2.45, 2.75) is 12.7 Å². The minimum atomic E-state index is -4.66. The van der Waals surface area contributed by atoms with E-state index in [9.17, 15) is 22.8 Å². The summed E-state index contributed by atoms with van der Waals surface area (Å²) in [6, 6.07) is 11.9. The fraction of sp³-hybridized carbons (Fsp3) is 0.176. The zero-order chi connectivity index (χ0) is 18.6. The van der Waals surface area contributed by atoms with Gasteiger partial charge in [0.2, 0.25) is 0 Å². The molecule has 132 valence electrons. The van der Waals surface area contributed by atoms with Gasteiger partial charge in [-0.1, -0.05) is 41.9 Å². The summed E-state index contributed by atoms with van der Waals surface area (Å²) in [5.74, 6) is -1.90. The van der Waals surface area contributed by atoms with E-state index in [1.165, 1.54) is 18.0 Å². The lowest BCUT2D eigenvalue weighted by Gasteiger charge is -2.17. The van der Waals surface area contributed by atoms with Crippen molar-refractivity contribution >= 4 is 29.1 Å². The number of hydrogen-bond donors (Lipinski definition) is 1. The van der Waals surface area contributed by atoms with Crippen molar-refractivity contribution in [3.8, 4) is 0 Å². The Morgan fingerprint density at radius 2 is 1.76 bits per heavy atom. The molecule has 0 spiro atoms. The fourth-order valence-electron chi connectivity index (χ4n) is 2.11. The van der Waals surface area contributed by atoms with E-state index in [4.69, 9.17) is 11.6 Å². The number of likely N-dealkylation sites (N-methyl/N-ethyl adjacent to an activating group) is 1. The molecule has 0 aliphatic heterocycles. The molecular weight excluding hydrogens is 357 g/mol. The average molecular weight is 371 g/mol. The second kappa shape index (κ2) is 7.57. The maximum atomic E-state index is 12.8. The van der Waals surface area contributed by atoms with Crippen molar-refractivity contribution in [1.29, 1.82) is 0 Å². The lowest BCUT2D eigenvalue weighted by molar-refractivity contribution is -0.142. The van der Waals surface area contributed by atoms with Gasteiger partial charge in [-0.25, -0.2) is 0 Å². The lowest BCUT2D eigenvalue weighted by Crippen LogP contribution is -2.36. The van der Waals surface area contributed by atoms with Gasteiger partial charge in [0.1, 0.15) is 0 Å². The Bertz CT molecular complexity index is 779. The maximum Gasteiger partial charge on any atom is 0.417 e. The highest BCUT2D eigenvalue weighted by Crippen LogP contribution is 2.36. The minimum Gasteiger partial charge on any atom is -0.333 e. The molecule has 0 aliphatic rings. The summed E-state index contributed by atoms with van der Waals surface area (Å²) in [5.41, 5.74) is -0.433. The molecule has 0 saturated carbocycles. The highest BCUT2D eigenvalue weighted by atomic mass is 35.5. The van der Waals surface area contributed by atoms with Crippen molar-refractivity contribution in [3.05, 3.63) is 64.7 Å². The van der Waals surface area contributed by atoms with Gasteiger partial charge in [0.25, 0.3) is 0 Å². The summed E-state index contributed by atoms with van der Waals surface area (Å²) in [4.78, 5) is 25.2. The Morgan fingerprint density at radius 1 is 1.12 bits per heavy atom. The van der Waals surface area contributed by atoms with Crippen LogP contribution in [0.1, 0.15) is 11.1 Å². The largest absolute Gasteiger partial charge is 0.417 e. The molecule has 2 amide bonds. The summed E-state index contributed by atoms with van der Waals surface area (Å²) in [5, 5.41) is 1.67. The molecule has 1 N–H and O–H groups in total. The number of amides is 2. The van der Waals surface area contributed by atoms with Gasteiger partial charge in [0, 0.05) is 19.3 Å². The third kappa shape index (κ3) is 4.96. The first-order valence-electron chi connectivity index (χ1n) is 7.15. The third-order valence-electron chi connectivity index (χ3n) is 3.33. The number of nitrogens with one attached hydrogen (secondary N) is 1. The number of alkyl halides is 3. The number of hydrogen-bond acceptors (Lipinski definition) is 2. The summed E-state index contributed by atoms with van der Waals surface area (Å²) < 4.78 is 38.5. The SMILES string of the molecule is CN(Cc1ccccc1)C(=O)C(=O)Nc1ccc(Cl)c(C(F)(F)F)c1. The monoisotopic (exact) mass is 370 g/mol. The first kappa shape index (κ1) is 18.8. The Balaban J connectivity index is 2.07. The van der Waals surface area contributed by atoms with Crippen LogP contribution in [0.15, 0.2) is 48.5 Å². The molecule has 0 aromatic heterocycles. The van der Waals surface area contributed by atoms with Crippen molar-refractivity contribution in [3.63, 3.8) is 0 Å². The van der Waals surface area contributed by atoms with Crippen LogP contribution in [-0.2, 0) is 22.3 Å². The van der Waals surface area contributed by atoms with Crippen LogP contribution in [0, 0.1) is 0 Å². The van der Waals surface area contributed by atoms with E-state index >= 15 is 0 Å². The predicted molar refractivity (Wildman–Crippen MR) is 88.0 cm³/mol. The number of carbonyl (C=O) groups is 2. The van der Waals surface area contributed by atoms with Crippen LogP contribution < -0.4 is 5.32 Å². The molecule has 4 nitrogen and oxygen atoms in total. The standard InChI is InChI=1S/C17H14ClF3N2O2/c1-23(10-11-5-3-2-4-6-11)16(25)15(24)22-12-7-8-14(18)13(9-12)17(19,20)21/h2-9H,10H2,1H3,(H,22,24). The van der Waals surface area contributed by atoms with E-state index in [2.05, 4.69) is 5.32 Å². The van der Waals surface area contributed by atoms with Crippen LogP contribution in [-0.4, -0.2) is 23.8 Å². The number of anilines is 1. The second-order valence-electron chi connectivity index (χ2n) is 5.29. The molecular formula is C17H14ClF3N2O2. The quantitative estimate of drug-likeness (QED) is 0.831. The molecule has 0 atom stereocenters.